The summed E-state index contributed by atoms with van der Waals surface area (Å²) in [6.45, 7) is 0.873. The van der Waals surface area contributed by atoms with Crippen LogP contribution in [0, 0.1) is 5.92 Å². The zero-order valence-electron chi connectivity index (χ0n) is 11.1. The average molecular weight is 305 g/mol. The monoisotopic (exact) mass is 305 g/mol. The first-order valence-corrected chi connectivity index (χ1v) is 7.83. The number of rotatable bonds is 1. The van der Waals surface area contributed by atoms with Gasteiger partial charge in [-0.15, -0.1) is 11.3 Å². The number of hydrogen-bond donors (Lipinski definition) is 1. The lowest BCUT2D eigenvalue weighted by molar-refractivity contribution is -0.179. The quantitative estimate of drug-likeness (QED) is 0.866. The Balaban J connectivity index is 1.70. The fourth-order valence-corrected chi connectivity index (χ4v) is 4.20. The van der Waals surface area contributed by atoms with Crippen molar-refractivity contribution in [1.29, 1.82) is 0 Å². The van der Waals surface area contributed by atoms with Crippen molar-refractivity contribution in [2.24, 2.45) is 11.7 Å². The van der Waals surface area contributed by atoms with Crippen LogP contribution in [0.4, 0.5) is 18.3 Å². The fraction of sp³-hybridized carbons (Fsp3) is 0.769. The molecule has 0 saturated carbocycles. The molecule has 0 radical (unpaired) electrons. The highest BCUT2D eigenvalue weighted by Gasteiger charge is 2.41. The molecule has 2 aliphatic rings. The maximum Gasteiger partial charge on any atom is 0.391 e. The van der Waals surface area contributed by atoms with Crippen LogP contribution in [0.5, 0.6) is 0 Å². The number of nitrogens with zero attached hydrogens (tertiary/aromatic N) is 2. The van der Waals surface area contributed by atoms with Gasteiger partial charge in [-0.25, -0.2) is 4.98 Å². The number of thiazole rings is 1. The lowest BCUT2D eigenvalue weighted by Crippen LogP contribution is -2.39. The smallest absolute Gasteiger partial charge is 0.348 e. The molecule has 7 heteroatoms. The maximum atomic E-state index is 12.7. The minimum atomic E-state index is -4.06. The van der Waals surface area contributed by atoms with Gasteiger partial charge in [0.05, 0.1) is 11.6 Å². The predicted octanol–water partition coefficient (Wildman–Crippen LogP) is 3.26. The molecule has 0 amide bonds. The van der Waals surface area contributed by atoms with Crippen LogP contribution in [0.3, 0.4) is 0 Å². The summed E-state index contributed by atoms with van der Waals surface area (Å²) in [5, 5.41) is 0.855. The first-order chi connectivity index (χ1) is 9.45. The maximum absolute atomic E-state index is 12.7. The number of nitrogens with two attached hydrogens (primary N) is 1. The van der Waals surface area contributed by atoms with Crippen molar-refractivity contribution in [3.05, 3.63) is 10.6 Å². The standard InChI is InChI=1S/C13H18F3N3S/c14-13(15,16)8-4-6-19(7-5-8)12-18-11-9(17)2-1-3-10(11)20-12/h8-9H,1-7,17H2. The Labute approximate surface area is 120 Å². The van der Waals surface area contributed by atoms with Crippen LogP contribution in [-0.4, -0.2) is 24.2 Å². The molecule has 1 aliphatic carbocycles. The fourth-order valence-electron chi connectivity index (χ4n) is 2.97. The second-order valence-electron chi connectivity index (χ2n) is 5.61. The van der Waals surface area contributed by atoms with Gasteiger partial charge in [0.1, 0.15) is 0 Å². The molecule has 1 aromatic heterocycles. The van der Waals surface area contributed by atoms with Gasteiger partial charge in [0, 0.05) is 24.0 Å². The highest BCUT2D eigenvalue weighted by molar-refractivity contribution is 7.15. The summed E-state index contributed by atoms with van der Waals surface area (Å²) in [5.74, 6) is -1.16. The molecule has 112 valence electrons. The lowest BCUT2D eigenvalue weighted by Gasteiger charge is -2.32. The number of alkyl halides is 3. The van der Waals surface area contributed by atoms with Crippen molar-refractivity contribution in [1.82, 2.24) is 4.98 Å². The molecule has 0 bridgehead atoms. The number of aromatic nitrogens is 1. The van der Waals surface area contributed by atoms with Gasteiger partial charge in [0.25, 0.3) is 0 Å². The number of fused-ring (bicyclic) bond motifs is 1. The Morgan fingerprint density at radius 3 is 2.50 bits per heavy atom. The lowest BCUT2D eigenvalue weighted by atomic mass is 9.97. The molecule has 1 fully saturated rings. The number of halogens is 3. The van der Waals surface area contributed by atoms with Gasteiger partial charge in [0.15, 0.2) is 5.13 Å². The SMILES string of the molecule is NC1CCCc2sc(N3CCC(C(F)(F)F)CC3)nc21. The van der Waals surface area contributed by atoms with Crippen LogP contribution in [0.15, 0.2) is 0 Å². The molecule has 0 aromatic carbocycles. The molecule has 0 spiro atoms. The highest BCUT2D eigenvalue weighted by atomic mass is 32.1. The zero-order chi connectivity index (χ0) is 14.3. The summed E-state index contributed by atoms with van der Waals surface area (Å²) in [5.41, 5.74) is 7.01. The minimum Gasteiger partial charge on any atom is -0.348 e. The molecular weight excluding hydrogens is 287 g/mol. The van der Waals surface area contributed by atoms with E-state index in [-0.39, 0.29) is 18.9 Å². The van der Waals surface area contributed by atoms with Crippen LogP contribution in [0.1, 0.15) is 42.3 Å². The van der Waals surface area contributed by atoms with Gasteiger partial charge in [0.2, 0.25) is 0 Å². The Morgan fingerprint density at radius 1 is 1.20 bits per heavy atom. The van der Waals surface area contributed by atoms with Gasteiger partial charge in [-0.2, -0.15) is 13.2 Å². The van der Waals surface area contributed by atoms with Crippen LogP contribution < -0.4 is 10.6 Å². The van der Waals surface area contributed by atoms with E-state index in [0.29, 0.717) is 13.1 Å². The molecular formula is C13H18F3N3S. The average Bonchev–Trinajstić information content (AvgIpc) is 2.83. The Morgan fingerprint density at radius 2 is 1.90 bits per heavy atom. The zero-order valence-corrected chi connectivity index (χ0v) is 11.9. The van der Waals surface area contributed by atoms with Crippen molar-refractivity contribution in [3.8, 4) is 0 Å². The van der Waals surface area contributed by atoms with Gasteiger partial charge in [-0.3, -0.25) is 0 Å². The second kappa shape index (κ2) is 5.18. The van der Waals surface area contributed by atoms with Crippen LogP contribution in [-0.2, 0) is 6.42 Å². The second-order valence-corrected chi connectivity index (χ2v) is 6.67. The van der Waals surface area contributed by atoms with Crippen LogP contribution >= 0.6 is 11.3 Å². The van der Waals surface area contributed by atoms with E-state index in [9.17, 15) is 13.2 Å². The number of hydrogen-bond acceptors (Lipinski definition) is 4. The van der Waals surface area contributed by atoms with E-state index in [1.807, 2.05) is 4.90 Å². The normalized spacial score (nSPS) is 24.8. The third kappa shape index (κ3) is 2.65. The first-order valence-electron chi connectivity index (χ1n) is 7.02. The van der Waals surface area contributed by atoms with Gasteiger partial charge < -0.3 is 10.6 Å². The van der Waals surface area contributed by atoms with E-state index in [1.165, 1.54) is 4.88 Å². The first kappa shape index (κ1) is 14.1. The molecule has 2 N–H and O–H groups in total. The number of aryl methyl sites for hydroxylation is 1. The summed E-state index contributed by atoms with van der Waals surface area (Å²) in [6.07, 6.45) is -0.700. The topological polar surface area (TPSA) is 42.1 Å². The van der Waals surface area contributed by atoms with Crippen molar-refractivity contribution in [2.45, 2.75) is 44.3 Å². The van der Waals surface area contributed by atoms with Crippen LogP contribution in [0.2, 0.25) is 0 Å². The van der Waals surface area contributed by atoms with Crippen molar-refractivity contribution >= 4 is 16.5 Å². The van der Waals surface area contributed by atoms with E-state index in [0.717, 1.165) is 30.1 Å². The molecule has 1 saturated heterocycles. The molecule has 1 aliphatic heterocycles. The molecule has 2 heterocycles. The molecule has 1 atom stereocenters. The van der Waals surface area contributed by atoms with Crippen LogP contribution in [0.25, 0.3) is 0 Å². The summed E-state index contributed by atoms with van der Waals surface area (Å²) in [4.78, 5) is 7.78. The third-order valence-corrected chi connectivity index (χ3v) is 5.41. The van der Waals surface area contributed by atoms with E-state index in [2.05, 4.69) is 4.98 Å². The van der Waals surface area contributed by atoms with Gasteiger partial charge in [-0.1, -0.05) is 0 Å². The van der Waals surface area contributed by atoms with E-state index < -0.39 is 12.1 Å². The predicted molar refractivity (Wildman–Crippen MR) is 73.0 cm³/mol. The van der Waals surface area contributed by atoms with Crippen molar-refractivity contribution in [3.63, 3.8) is 0 Å². The Kier molecular flexibility index (Phi) is 3.66. The molecule has 1 aromatic rings. The minimum absolute atomic E-state index is 0.00327. The van der Waals surface area contributed by atoms with E-state index in [1.54, 1.807) is 11.3 Å². The Bertz CT molecular complexity index is 478. The summed E-state index contributed by atoms with van der Waals surface area (Å²) < 4.78 is 38.0. The van der Waals surface area contributed by atoms with Crippen molar-refractivity contribution < 1.29 is 13.2 Å². The number of piperidine rings is 1. The van der Waals surface area contributed by atoms with Crippen molar-refractivity contribution in [2.75, 3.05) is 18.0 Å². The summed E-state index contributed by atoms with van der Waals surface area (Å²) in [6, 6.07) is -0.00327. The summed E-state index contributed by atoms with van der Waals surface area (Å²) in [7, 11) is 0. The van der Waals surface area contributed by atoms with E-state index >= 15 is 0 Å². The highest BCUT2D eigenvalue weighted by Crippen LogP contribution is 2.39. The molecule has 20 heavy (non-hydrogen) atoms. The molecule has 3 nitrogen and oxygen atoms in total. The van der Waals surface area contributed by atoms with Gasteiger partial charge >= 0.3 is 6.18 Å². The molecule has 3 rings (SSSR count). The van der Waals surface area contributed by atoms with E-state index in [4.69, 9.17) is 5.73 Å². The molecule has 1 unspecified atom stereocenters. The van der Waals surface area contributed by atoms with Gasteiger partial charge in [-0.05, 0) is 32.1 Å². The number of anilines is 1. The Hall–Kier alpha value is -0.820. The largest absolute Gasteiger partial charge is 0.391 e. The third-order valence-electron chi connectivity index (χ3n) is 4.21. The summed E-state index contributed by atoms with van der Waals surface area (Å²) >= 11 is 1.61.